The normalized spacial score (nSPS) is 18.1. The van der Waals surface area contributed by atoms with E-state index in [9.17, 15) is 9.50 Å². The molecule has 2 aliphatic heterocycles. The van der Waals surface area contributed by atoms with E-state index in [1.807, 2.05) is 17.3 Å². The third-order valence-corrected chi connectivity index (χ3v) is 5.13. The highest BCUT2D eigenvalue weighted by Crippen LogP contribution is 2.24. The Morgan fingerprint density at radius 1 is 0.926 bits per heavy atom. The minimum absolute atomic E-state index is 0.289. The summed E-state index contributed by atoms with van der Waals surface area (Å²) in [5.41, 5.74) is 1.89. The summed E-state index contributed by atoms with van der Waals surface area (Å²) >= 11 is 0. The molecule has 0 radical (unpaired) electrons. The number of nitrogens with zero attached hydrogens (tertiary/aromatic N) is 5. The molecule has 7 nitrogen and oxygen atoms in total. The lowest BCUT2D eigenvalue weighted by molar-refractivity contribution is 0.122. The van der Waals surface area contributed by atoms with Gasteiger partial charge in [0.2, 0.25) is 5.95 Å². The van der Waals surface area contributed by atoms with Crippen molar-refractivity contribution in [2.75, 3.05) is 67.2 Å². The maximum absolute atomic E-state index is 14.4. The minimum Gasteiger partial charge on any atom is -0.392 e. The quantitative estimate of drug-likeness (QED) is 0.866. The van der Waals surface area contributed by atoms with Crippen molar-refractivity contribution in [1.29, 1.82) is 0 Å². The zero-order chi connectivity index (χ0) is 18.6. The average molecular weight is 373 g/mol. The first kappa shape index (κ1) is 17.9. The van der Waals surface area contributed by atoms with Gasteiger partial charge in [0.1, 0.15) is 0 Å². The van der Waals surface area contributed by atoms with Crippen LogP contribution in [0.4, 0.5) is 21.7 Å². The van der Waals surface area contributed by atoms with E-state index < -0.39 is 0 Å². The summed E-state index contributed by atoms with van der Waals surface area (Å²) in [6.45, 7) is 5.71. The van der Waals surface area contributed by atoms with Gasteiger partial charge in [-0.25, -0.2) is 14.4 Å². The van der Waals surface area contributed by atoms with Crippen LogP contribution in [0.3, 0.4) is 0 Å². The lowest BCUT2D eigenvalue weighted by Crippen LogP contribution is -2.47. The molecule has 2 saturated heterocycles. The molecule has 4 rings (SSSR count). The van der Waals surface area contributed by atoms with Gasteiger partial charge in [-0.2, -0.15) is 0 Å². The lowest BCUT2D eigenvalue weighted by atomic mass is 10.1. The Morgan fingerprint density at radius 3 is 2.26 bits per heavy atom. The molecule has 0 aliphatic carbocycles. The van der Waals surface area contributed by atoms with Gasteiger partial charge in [-0.15, -0.1) is 0 Å². The second kappa shape index (κ2) is 8.06. The van der Waals surface area contributed by atoms with Crippen molar-refractivity contribution in [3.05, 3.63) is 42.0 Å². The van der Waals surface area contributed by atoms with Gasteiger partial charge >= 0.3 is 0 Å². The standard InChI is InChI=1S/C19H24FN5O2/c20-18-15(14-26)2-1-3-17(18)24-4-6-25(7-5-24)19-21-12-16(13-22-19)23-8-10-27-11-9-23/h1-3,12-13,26H,4-11,14H2. The van der Waals surface area contributed by atoms with Crippen molar-refractivity contribution in [3.8, 4) is 0 Å². The molecule has 144 valence electrons. The number of halogens is 1. The van der Waals surface area contributed by atoms with Gasteiger partial charge in [0.05, 0.1) is 43.6 Å². The van der Waals surface area contributed by atoms with E-state index in [0.717, 1.165) is 45.1 Å². The molecule has 1 N–H and O–H groups in total. The molecule has 0 spiro atoms. The summed E-state index contributed by atoms with van der Waals surface area (Å²) in [7, 11) is 0. The maximum Gasteiger partial charge on any atom is 0.225 e. The summed E-state index contributed by atoms with van der Waals surface area (Å²) in [5, 5.41) is 9.25. The van der Waals surface area contributed by atoms with E-state index in [1.165, 1.54) is 0 Å². The van der Waals surface area contributed by atoms with Gasteiger partial charge in [-0.3, -0.25) is 0 Å². The Balaban J connectivity index is 1.39. The summed E-state index contributed by atoms with van der Waals surface area (Å²) in [5.74, 6) is 0.371. The van der Waals surface area contributed by atoms with Crippen molar-refractivity contribution >= 4 is 17.3 Å². The molecule has 2 aliphatic rings. The molecule has 2 aromatic rings. The zero-order valence-electron chi connectivity index (χ0n) is 15.2. The van der Waals surface area contributed by atoms with Gasteiger partial charge < -0.3 is 24.5 Å². The van der Waals surface area contributed by atoms with Crippen LogP contribution < -0.4 is 14.7 Å². The number of anilines is 3. The Bertz CT molecular complexity index is 759. The zero-order valence-corrected chi connectivity index (χ0v) is 15.2. The summed E-state index contributed by atoms with van der Waals surface area (Å²) in [6.07, 6.45) is 3.73. The number of morpholine rings is 1. The van der Waals surface area contributed by atoms with Crippen LogP contribution in [-0.4, -0.2) is 67.6 Å². The van der Waals surface area contributed by atoms with Crippen LogP contribution in [0.2, 0.25) is 0 Å². The molecular formula is C19H24FN5O2. The Kier molecular flexibility index (Phi) is 5.35. The SMILES string of the molecule is OCc1cccc(N2CCN(c3ncc(N4CCOCC4)cn3)CC2)c1F. The molecule has 0 atom stereocenters. The summed E-state index contributed by atoms with van der Waals surface area (Å²) in [6, 6.07) is 5.15. The Morgan fingerprint density at radius 2 is 1.59 bits per heavy atom. The van der Waals surface area contributed by atoms with E-state index in [4.69, 9.17) is 4.74 Å². The van der Waals surface area contributed by atoms with Gasteiger partial charge in [-0.05, 0) is 6.07 Å². The van der Waals surface area contributed by atoms with E-state index in [2.05, 4.69) is 19.8 Å². The summed E-state index contributed by atoms with van der Waals surface area (Å²) in [4.78, 5) is 15.4. The second-order valence-corrected chi connectivity index (χ2v) is 6.72. The van der Waals surface area contributed by atoms with Crippen LogP contribution in [-0.2, 0) is 11.3 Å². The molecule has 0 saturated carbocycles. The lowest BCUT2D eigenvalue weighted by Gasteiger charge is -2.36. The molecule has 27 heavy (non-hydrogen) atoms. The number of aliphatic hydroxyl groups excluding tert-OH is 1. The van der Waals surface area contributed by atoms with Gasteiger partial charge in [0.25, 0.3) is 0 Å². The average Bonchev–Trinajstić information content (AvgIpc) is 2.75. The molecule has 8 heteroatoms. The molecule has 0 amide bonds. The highest BCUT2D eigenvalue weighted by molar-refractivity contribution is 5.52. The number of benzene rings is 1. The monoisotopic (exact) mass is 373 g/mol. The Labute approximate surface area is 158 Å². The third-order valence-electron chi connectivity index (χ3n) is 5.13. The maximum atomic E-state index is 14.4. The number of aromatic nitrogens is 2. The number of hydrogen-bond donors (Lipinski definition) is 1. The van der Waals surface area contributed by atoms with Crippen LogP contribution in [0.1, 0.15) is 5.56 Å². The topological polar surface area (TPSA) is 65.0 Å². The summed E-state index contributed by atoms with van der Waals surface area (Å²) < 4.78 is 19.8. The van der Waals surface area contributed by atoms with Gasteiger partial charge in [-0.1, -0.05) is 12.1 Å². The van der Waals surface area contributed by atoms with Gasteiger partial charge in [0.15, 0.2) is 5.82 Å². The van der Waals surface area contributed by atoms with Crippen LogP contribution in [0.25, 0.3) is 0 Å². The van der Waals surface area contributed by atoms with E-state index >= 15 is 0 Å². The van der Waals surface area contributed by atoms with Crippen molar-refractivity contribution < 1.29 is 14.2 Å². The third kappa shape index (κ3) is 3.81. The number of hydrogen-bond acceptors (Lipinski definition) is 7. The number of ether oxygens (including phenoxy) is 1. The van der Waals surface area contributed by atoms with Crippen LogP contribution in [0.5, 0.6) is 0 Å². The predicted molar refractivity (Wildman–Crippen MR) is 102 cm³/mol. The molecular weight excluding hydrogens is 349 g/mol. The van der Waals surface area contributed by atoms with Crippen LogP contribution >= 0.6 is 0 Å². The predicted octanol–water partition coefficient (Wildman–Crippen LogP) is 1.27. The molecule has 0 bridgehead atoms. The van der Waals surface area contributed by atoms with Crippen molar-refractivity contribution in [2.24, 2.45) is 0 Å². The number of rotatable bonds is 4. The van der Waals surface area contributed by atoms with E-state index in [-0.39, 0.29) is 12.4 Å². The molecule has 1 aromatic heterocycles. The van der Waals surface area contributed by atoms with Crippen LogP contribution in [0.15, 0.2) is 30.6 Å². The molecule has 3 heterocycles. The second-order valence-electron chi connectivity index (χ2n) is 6.72. The first-order valence-corrected chi connectivity index (χ1v) is 9.29. The highest BCUT2D eigenvalue weighted by atomic mass is 19.1. The molecule has 0 unspecified atom stereocenters. The number of aliphatic hydroxyl groups is 1. The van der Waals surface area contributed by atoms with Crippen molar-refractivity contribution in [3.63, 3.8) is 0 Å². The first-order valence-electron chi connectivity index (χ1n) is 9.29. The number of piperazine rings is 1. The highest BCUT2D eigenvalue weighted by Gasteiger charge is 2.22. The van der Waals surface area contributed by atoms with Crippen molar-refractivity contribution in [2.45, 2.75) is 6.61 Å². The molecule has 2 fully saturated rings. The van der Waals surface area contributed by atoms with E-state index in [0.29, 0.717) is 30.3 Å². The van der Waals surface area contributed by atoms with E-state index in [1.54, 1.807) is 18.2 Å². The minimum atomic E-state index is -0.334. The first-order chi connectivity index (χ1) is 13.3. The fraction of sp³-hybridized carbons (Fsp3) is 0.474. The van der Waals surface area contributed by atoms with Gasteiger partial charge in [0, 0.05) is 44.8 Å². The fourth-order valence-electron chi connectivity index (χ4n) is 3.54. The largest absolute Gasteiger partial charge is 0.392 e. The van der Waals surface area contributed by atoms with Crippen molar-refractivity contribution in [1.82, 2.24) is 9.97 Å². The fourth-order valence-corrected chi connectivity index (χ4v) is 3.54. The smallest absolute Gasteiger partial charge is 0.225 e. The van der Waals surface area contributed by atoms with Crippen LogP contribution in [0, 0.1) is 5.82 Å². The molecule has 1 aromatic carbocycles. The Hall–Kier alpha value is -2.45.